The number of sulfonamides is 1. The second-order valence-electron chi connectivity index (χ2n) is 10.7. The zero-order valence-electron chi connectivity index (χ0n) is 23.4. The molecule has 226 valence electrons. The molecule has 42 heavy (non-hydrogen) atoms. The monoisotopic (exact) mass is 598 g/mol. The maximum absolute atomic E-state index is 13.1. The largest absolute Gasteiger partial charge is 0.480 e. The predicted molar refractivity (Wildman–Crippen MR) is 157 cm³/mol. The molecule has 2 amide bonds. The van der Waals surface area contributed by atoms with Crippen molar-refractivity contribution in [3.05, 3.63) is 60.2 Å². The van der Waals surface area contributed by atoms with E-state index in [1.165, 1.54) is 12.1 Å². The predicted octanol–water partition coefficient (Wildman–Crippen LogP) is 1.66. The van der Waals surface area contributed by atoms with Crippen molar-refractivity contribution >= 4 is 39.5 Å². The SMILES string of the molecule is N=C(N)NCCCC1CCCN(c2ccc(C[C@H](NC(=O)[C@@H]3CCCN3S(=O)(=O)c3ccccc3)C(=O)O)cc2)C1=O. The number of hydrogen-bond acceptors (Lipinski definition) is 6. The fourth-order valence-electron chi connectivity index (χ4n) is 5.58. The Morgan fingerprint density at radius 1 is 1.05 bits per heavy atom. The number of carbonyl (C=O) groups excluding carboxylic acids is 2. The van der Waals surface area contributed by atoms with Gasteiger partial charge in [0.25, 0.3) is 0 Å². The lowest BCUT2D eigenvalue weighted by atomic mass is 9.92. The first-order valence-corrected chi connectivity index (χ1v) is 15.6. The van der Waals surface area contributed by atoms with Gasteiger partial charge in [0.1, 0.15) is 12.1 Å². The maximum atomic E-state index is 13.1. The third-order valence-corrected chi connectivity index (χ3v) is 9.68. The number of nitrogens with zero attached hydrogens (tertiary/aromatic N) is 2. The standard InChI is InChI=1S/C29H38N6O6S/c30-29(31)32-16-4-7-21-8-5-17-34(27(21)37)22-14-12-20(13-15-22)19-24(28(38)39)33-26(36)25-11-6-18-35(25)42(40,41)23-9-2-1-3-10-23/h1-3,9-10,12-15,21,24-25H,4-8,11,16-19H2,(H,33,36)(H,38,39)(H4,30,31,32)/t21?,24-,25-/m0/s1. The molecule has 0 aliphatic carbocycles. The quantitative estimate of drug-likeness (QED) is 0.139. The van der Waals surface area contributed by atoms with E-state index in [0.717, 1.165) is 29.3 Å². The molecular weight excluding hydrogens is 560 g/mol. The van der Waals surface area contributed by atoms with Gasteiger partial charge in [-0.25, -0.2) is 13.2 Å². The van der Waals surface area contributed by atoms with Gasteiger partial charge < -0.3 is 26.4 Å². The highest BCUT2D eigenvalue weighted by molar-refractivity contribution is 7.89. The number of rotatable bonds is 12. The molecule has 2 aliphatic heterocycles. The van der Waals surface area contributed by atoms with Crippen LogP contribution in [0.2, 0.25) is 0 Å². The molecule has 3 atom stereocenters. The van der Waals surface area contributed by atoms with E-state index in [1.54, 1.807) is 47.4 Å². The lowest BCUT2D eigenvalue weighted by Gasteiger charge is -2.32. The first kappa shape index (κ1) is 31.0. The number of benzene rings is 2. The molecule has 0 bridgehead atoms. The summed E-state index contributed by atoms with van der Waals surface area (Å²) in [6, 6.07) is 12.7. The van der Waals surface area contributed by atoms with Crippen LogP contribution in [0.1, 0.15) is 44.1 Å². The zero-order chi connectivity index (χ0) is 30.3. The van der Waals surface area contributed by atoms with E-state index in [-0.39, 0.29) is 35.6 Å². The van der Waals surface area contributed by atoms with Crippen LogP contribution in [0.25, 0.3) is 0 Å². The molecule has 2 aliphatic rings. The molecule has 0 radical (unpaired) electrons. The second-order valence-corrected chi connectivity index (χ2v) is 12.6. The van der Waals surface area contributed by atoms with E-state index in [2.05, 4.69) is 10.6 Å². The summed E-state index contributed by atoms with van der Waals surface area (Å²) in [5.41, 5.74) is 6.69. The molecular formula is C29H38N6O6S. The van der Waals surface area contributed by atoms with Gasteiger partial charge in [-0.1, -0.05) is 30.3 Å². The highest BCUT2D eigenvalue weighted by Crippen LogP contribution is 2.28. The van der Waals surface area contributed by atoms with E-state index in [1.807, 2.05) is 0 Å². The maximum Gasteiger partial charge on any atom is 0.326 e. The van der Waals surface area contributed by atoms with Crippen molar-refractivity contribution in [3.8, 4) is 0 Å². The Morgan fingerprint density at radius 3 is 2.40 bits per heavy atom. The van der Waals surface area contributed by atoms with Crippen molar-refractivity contribution < 1.29 is 27.9 Å². The highest BCUT2D eigenvalue weighted by atomic mass is 32.2. The smallest absolute Gasteiger partial charge is 0.326 e. The minimum absolute atomic E-state index is 0.000765. The summed E-state index contributed by atoms with van der Waals surface area (Å²) in [4.78, 5) is 40.2. The zero-order valence-corrected chi connectivity index (χ0v) is 24.2. The lowest BCUT2D eigenvalue weighted by Crippen LogP contribution is -2.51. The summed E-state index contributed by atoms with van der Waals surface area (Å²) in [5, 5.41) is 22.4. The lowest BCUT2D eigenvalue weighted by molar-refractivity contribution is -0.142. The molecule has 0 aromatic heterocycles. The Bertz CT molecular complexity index is 1390. The van der Waals surface area contributed by atoms with Gasteiger partial charge in [-0.05, 0) is 68.4 Å². The number of aliphatic carboxylic acids is 1. The Balaban J connectivity index is 1.37. The number of anilines is 1. The summed E-state index contributed by atoms with van der Waals surface area (Å²) in [6.45, 7) is 1.31. The van der Waals surface area contributed by atoms with Gasteiger partial charge in [0.2, 0.25) is 21.8 Å². The Labute approximate surface area is 245 Å². The van der Waals surface area contributed by atoms with Crippen molar-refractivity contribution in [2.75, 3.05) is 24.5 Å². The van der Waals surface area contributed by atoms with Gasteiger partial charge in [-0.2, -0.15) is 4.31 Å². The number of amides is 2. The van der Waals surface area contributed by atoms with Gasteiger partial charge in [-0.3, -0.25) is 15.0 Å². The fourth-order valence-corrected chi connectivity index (χ4v) is 7.26. The van der Waals surface area contributed by atoms with Gasteiger partial charge in [0, 0.05) is 37.7 Å². The number of nitrogens with two attached hydrogens (primary N) is 1. The molecule has 6 N–H and O–H groups in total. The average molecular weight is 599 g/mol. The summed E-state index contributed by atoms with van der Waals surface area (Å²) >= 11 is 0. The molecule has 0 saturated carbocycles. The van der Waals surface area contributed by atoms with E-state index >= 15 is 0 Å². The summed E-state index contributed by atoms with van der Waals surface area (Å²) in [6.07, 6.45) is 3.88. The molecule has 12 nitrogen and oxygen atoms in total. The molecule has 2 aromatic rings. The number of carbonyl (C=O) groups is 3. The number of nitrogens with one attached hydrogen (secondary N) is 3. The van der Waals surface area contributed by atoms with Crippen molar-refractivity contribution in [2.45, 2.75) is 61.9 Å². The van der Waals surface area contributed by atoms with Crippen LogP contribution in [0.5, 0.6) is 0 Å². The summed E-state index contributed by atoms with van der Waals surface area (Å²) < 4.78 is 27.4. The van der Waals surface area contributed by atoms with Crippen LogP contribution in [0.3, 0.4) is 0 Å². The molecule has 13 heteroatoms. The van der Waals surface area contributed by atoms with Crippen molar-refractivity contribution in [1.82, 2.24) is 14.9 Å². The van der Waals surface area contributed by atoms with Crippen molar-refractivity contribution in [3.63, 3.8) is 0 Å². The minimum atomic E-state index is -3.91. The van der Waals surface area contributed by atoms with Crippen LogP contribution < -0.4 is 21.3 Å². The van der Waals surface area contributed by atoms with Crippen LogP contribution in [-0.4, -0.2) is 73.3 Å². The fraction of sp³-hybridized carbons (Fsp3) is 0.448. The van der Waals surface area contributed by atoms with Gasteiger partial charge in [0.15, 0.2) is 5.96 Å². The molecule has 0 spiro atoms. The van der Waals surface area contributed by atoms with Crippen LogP contribution in [-0.2, 0) is 30.8 Å². The topological polar surface area (TPSA) is 186 Å². The molecule has 2 heterocycles. The minimum Gasteiger partial charge on any atom is -0.480 e. The van der Waals surface area contributed by atoms with Crippen LogP contribution >= 0.6 is 0 Å². The van der Waals surface area contributed by atoms with Gasteiger partial charge in [0.05, 0.1) is 4.90 Å². The molecule has 2 fully saturated rings. The van der Waals surface area contributed by atoms with E-state index in [4.69, 9.17) is 11.1 Å². The first-order chi connectivity index (χ1) is 20.1. The average Bonchev–Trinajstić information content (AvgIpc) is 3.48. The Morgan fingerprint density at radius 2 is 1.74 bits per heavy atom. The number of carboxylic acids is 1. The Kier molecular flexibility index (Phi) is 10.2. The molecule has 4 rings (SSSR count). The third kappa shape index (κ3) is 7.45. The number of hydrogen-bond donors (Lipinski definition) is 5. The molecule has 2 saturated heterocycles. The number of piperidine rings is 1. The van der Waals surface area contributed by atoms with Crippen LogP contribution in [0.15, 0.2) is 59.5 Å². The van der Waals surface area contributed by atoms with Crippen molar-refractivity contribution in [2.24, 2.45) is 11.7 Å². The second kappa shape index (κ2) is 13.8. The molecule has 1 unspecified atom stereocenters. The van der Waals surface area contributed by atoms with E-state index in [9.17, 15) is 27.9 Å². The van der Waals surface area contributed by atoms with Gasteiger partial charge >= 0.3 is 5.97 Å². The highest BCUT2D eigenvalue weighted by Gasteiger charge is 2.40. The van der Waals surface area contributed by atoms with Crippen LogP contribution in [0.4, 0.5) is 5.69 Å². The normalized spacial score (nSPS) is 20.2. The van der Waals surface area contributed by atoms with Crippen molar-refractivity contribution in [1.29, 1.82) is 5.41 Å². The number of carboxylic acid groups (broad SMARTS) is 1. The number of guanidine groups is 1. The first-order valence-electron chi connectivity index (χ1n) is 14.2. The summed E-state index contributed by atoms with van der Waals surface area (Å²) in [7, 11) is -3.91. The van der Waals surface area contributed by atoms with Gasteiger partial charge in [-0.15, -0.1) is 0 Å². The van der Waals surface area contributed by atoms with Crippen LogP contribution in [0, 0.1) is 11.3 Å². The van der Waals surface area contributed by atoms with E-state index in [0.29, 0.717) is 37.9 Å². The third-order valence-electron chi connectivity index (χ3n) is 7.75. The summed E-state index contributed by atoms with van der Waals surface area (Å²) in [5.74, 6) is -2.03. The van der Waals surface area contributed by atoms with E-state index < -0.39 is 34.0 Å². The Hall–Kier alpha value is -3.97. The molecule has 2 aromatic carbocycles.